The summed E-state index contributed by atoms with van der Waals surface area (Å²) in [5, 5.41) is 6.79. The molecule has 0 aliphatic carbocycles. The highest BCUT2D eigenvalue weighted by molar-refractivity contribution is 5.68. The van der Waals surface area contributed by atoms with Gasteiger partial charge in [-0.15, -0.1) is 0 Å². The monoisotopic (exact) mass is 270 g/mol. The minimum absolute atomic E-state index is 0.173. The van der Waals surface area contributed by atoms with Crippen LogP contribution >= 0.6 is 0 Å². The van der Waals surface area contributed by atoms with E-state index < -0.39 is 11.7 Å². The second-order valence-electron chi connectivity index (χ2n) is 4.26. The Morgan fingerprint density at radius 2 is 2.00 bits per heavy atom. The van der Waals surface area contributed by atoms with E-state index in [9.17, 15) is 13.2 Å². The van der Waals surface area contributed by atoms with Crippen molar-refractivity contribution < 1.29 is 13.2 Å². The third kappa shape index (κ3) is 2.81. The fourth-order valence-electron chi connectivity index (χ4n) is 1.75. The topological polar surface area (TPSA) is 55.9 Å². The van der Waals surface area contributed by atoms with Crippen LogP contribution in [0.3, 0.4) is 0 Å². The van der Waals surface area contributed by atoms with Gasteiger partial charge in [-0.3, -0.25) is 4.68 Å². The zero-order valence-corrected chi connectivity index (χ0v) is 10.4. The van der Waals surface area contributed by atoms with Gasteiger partial charge in [-0.2, -0.15) is 18.3 Å². The number of nitrogens with one attached hydrogen (secondary N) is 1. The van der Waals surface area contributed by atoms with Gasteiger partial charge in [-0.1, -0.05) is 6.07 Å². The highest BCUT2D eigenvalue weighted by atomic mass is 19.4. The number of nitrogen functional groups attached to an aromatic ring is 1. The van der Waals surface area contributed by atoms with Crippen LogP contribution in [0.15, 0.2) is 24.4 Å². The Kier molecular flexibility index (Phi) is 3.13. The lowest BCUT2D eigenvalue weighted by Gasteiger charge is -2.12. The average Bonchev–Trinajstić information content (AvgIpc) is 2.58. The summed E-state index contributed by atoms with van der Waals surface area (Å²) in [5.74, 6) is 0.333. The summed E-state index contributed by atoms with van der Waals surface area (Å²) in [7, 11) is 1.68. The highest BCUT2D eigenvalue weighted by Gasteiger charge is 2.32. The molecule has 2 aromatic rings. The largest absolute Gasteiger partial charge is 0.416 e. The fourth-order valence-corrected chi connectivity index (χ4v) is 1.75. The molecule has 1 heterocycles. The highest BCUT2D eigenvalue weighted by Crippen LogP contribution is 2.34. The van der Waals surface area contributed by atoms with Crippen molar-refractivity contribution in [2.24, 2.45) is 7.05 Å². The van der Waals surface area contributed by atoms with Crippen LogP contribution in [0.2, 0.25) is 0 Å². The predicted molar refractivity (Wildman–Crippen MR) is 67.1 cm³/mol. The van der Waals surface area contributed by atoms with Crippen molar-refractivity contribution in [1.82, 2.24) is 9.78 Å². The molecule has 3 N–H and O–H groups in total. The number of aryl methyl sites for hydroxylation is 2. The molecule has 19 heavy (non-hydrogen) atoms. The summed E-state index contributed by atoms with van der Waals surface area (Å²) >= 11 is 0. The molecule has 0 amide bonds. The first-order valence-corrected chi connectivity index (χ1v) is 5.51. The molecule has 4 nitrogen and oxygen atoms in total. The lowest BCUT2D eigenvalue weighted by Crippen LogP contribution is -2.08. The maximum absolute atomic E-state index is 12.8. The molecule has 7 heteroatoms. The van der Waals surface area contributed by atoms with Crippen LogP contribution in [-0.2, 0) is 13.2 Å². The molecule has 0 radical (unpaired) electrons. The average molecular weight is 270 g/mol. The molecular weight excluding hydrogens is 257 g/mol. The Morgan fingerprint density at radius 3 is 2.53 bits per heavy atom. The Bertz CT molecular complexity index is 602. The number of rotatable bonds is 2. The second-order valence-corrected chi connectivity index (χ2v) is 4.26. The summed E-state index contributed by atoms with van der Waals surface area (Å²) in [4.78, 5) is 0. The van der Waals surface area contributed by atoms with Crippen molar-refractivity contribution in [2.75, 3.05) is 11.1 Å². The molecule has 2 rings (SSSR count). The van der Waals surface area contributed by atoms with E-state index in [4.69, 9.17) is 5.73 Å². The fraction of sp³-hybridized carbons (Fsp3) is 0.250. The van der Waals surface area contributed by atoms with Crippen LogP contribution in [0.5, 0.6) is 0 Å². The molecular formula is C12H13F3N4. The van der Waals surface area contributed by atoms with Gasteiger partial charge < -0.3 is 11.1 Å². The summed E-state index contributed by atoms with van der Waals surface area (Å²) in [5.41, 5.74) is 5.84. The number of halogens is 3. The zero-order chi connectivity index (χ0) is 14.2. The maximum Gasteiger partial charge on any atom is 0.416 e. The molecule has 0 spiro atoms. The molecule has 0 unspecified atom stereocenters. The van der Waals surface area contributed by atoms with E-state index in [0.717, 1.165) is 6.07 Å². The number of aromatic nitrogens is 2. The van der Waals surface area contributed by atoms with Crippen molar-refractivity contribution in [3.8, 4) is 0 Å². The van der Waals surface area contributed by atoms with Crippen molar-refractivity contribution in [3.05, 3.63) is 35.5 Å². The minimum atomic E-state index is -4.38. The second kappa shape index (κ2) is 4.49. The molecule has 0 fully saturated rings. The van der Waals surface area contributed by atoms with Gasteiger partial charge in [0.1, 0.15) is 0 Å². The third-order valence-corrected chi connectivity index (χ3v) is 2.66. The minimum Gasteiger partial charge on any atom is -0.394 e. The molecule has 0 aliphatic heterocycles. The molecule has 0 saturated carbocycles. The number of alkyl halides is 3. The molecule has 1 aromatic carbocycles. The lowest BCUT2D eigenvalue weighted by molar-refractivity contribution is -0.138. The van der Waals surface area contributed by atoms with E-state index in [0.29, 0.717) is 17.2 Å². The first-order chi connectivity index (χ1) is 8.77. The van der Waals surface area contributed by atoms with Gasteiger partial charge in [-0.25, -0.2) is 0 Å². The summed E-state index contributed by atoms with van der Waals surface area (Å²) in [6, 6.07) is 4.01. The number of hydrogen-bond donors (Lipinski definition) is 2. The SMILES string of the molecule is Cc1ccc(Nc2nn(C)cc2N)cc1C(F)(F)F. The zero-order valence-electron chi connectivity index (χ0n) is 10.4. The Balaban J connectivity index is 2.34. The maximum atomic E-state index is 12.8. The van der Waals surface area contributed by atoms with Crippen LogP contribution in [0, 0.1) is 6.92 Å². The number of nitrogens with zero attached hydrogens (tertiary/aromatic N) is 2. The van der Waals surface area contributed by atoms with E-state index in [-0.39, 0.29) is 5.56 Å². The van der Waals surface area contributed by atoms with Crippen LogP contribution < -0.4 is 11.1 Å². The van der Waals surface area contributed by atoms with E-state index in [1.165, 1.54) is 17.7 Å². The number of anilines is 3. The molecule has 0 atom stereocenters. The van der Waals surface area contributed by atoms with Gasteiger partial charge in [0.2, 0.25) is 0 Å². The van der Waals surface area contributed by atoms with Crippen molar-refractivity contribution in [1.29, 1.82) is 0 Å². The van der Waals surface area contributed by atoms with Gasteiger partial charge in [0, 0.05) is 18.9 Å². The molecule has 102 valence electrons. The Morgan fingerprint density at radius 1 is 1.32 bits per heavy atom. The van der Waals surface area contributed by atoms with Crippen molar-refractivity contribution >= 4 is 17.2 Å². The van der Waals surface area contributed by atoms with Crippen LogP contribution in [0.1, 0.15) is 11.1 Å². The molecule has 0 bridgehead atoms. The molecule has 1 aromatic heterocycles. The van der Waals surface area contributed by atoms with Crippen molar-refractivity contribution in [3.63, 3.8) is 0 Å². The smallest absolute Gasteiger partial charge is 0.394 e. The summed E-state index contributed by atoms with van der Waals surface area (Å²) < 4.78 is 39.8. The molecule has 0 aliphatic rings. The summed E-state index contributed by atoms with van der Waals surface area (Å²) in [6.45, 7) is 1.42. The number of hydrogen-bond acceptors (Lipinski definition) is 3. The van der Waals surface area contributed by atoms with Gasteiger partial charge in [0.25, 0.3) is 0 Å². The standard InChI is InChI=1S/C12H13F3N4/c1-7-3-4-8(5-9(7)12(13,14)15)17-11-10(16)6-19(2)18-11/h3-6H,16H2,1-2H3,(H,17,18). The summed E-state index contributed by atoms with van der Waals surface area (Å²) in [6.07, 6.45) is -2.81. The van der Waals surface area contributed by atoms with Gasteiger partial charge >= 0.3 is 6.18 Å². The normalized spacial score (nSPS) is 11.6. The van der Waals surface area contributed by atoms with Crippen LogP contribution in [0.4, 0.5) is 30.4 Å². The Labute approximate surface area is 108 Å². The first kappa shape index (κ1) is 13.3. The van der Waals surface area contributed by atoms with Gasteiger partial charge in [0.05, 0.1) is 11.3 Å². The van der Waals surface area contributed by atoms with E-state index in [1.807, 2.05) is 0 Å². The van der Waals surface area contributed by atoms with Gasteiger partial charge in [-0.05, 0) is 24.6 Å². The first-order valence-electron chi connectivity index (χ1n) is 5.51. The van der Waals surface area contributed by atoms with Crippen molar-refractivity contribution in [2.45, 2.75) is 13.1 Å². The van der Waals surface area contributed by atoms with E-state index in [2.05, 4.69) is 10.4 Å². The van der Waals surface area contributed by atoms with Crippen LogP contribution in [-0.4, -0.2) is 9.78 Å². The number of benzene rings is 1. The Hall–Kier alpha value is -2.18. The predicted octanol–water partition coefficient (Wildman–Crippen LogP) is 3.07. The van der Waals surface area contributed by atoms with Gasteiger partial charge in [0.15, 0.2) is 5.82 Å². The molecule has 0 saturated heterocycles. The lowest BCUT2D eigenvalue weighted by atomic mass is 10.1. The van der Waals surface area contributed by atoms with E-state index >= 15 is 0 Å². The van der Waals surface area contributed by atoms with E-state index in [1.54, 1.807) is 19.3 Å². The van der Waals surface area contributed by atoms with Crippen LogP contribution in [0.25, 0.3) is 0 Å². The third-order valence-electron chi connectivity index (χ3n) is 2.66. The quantitative estimate of drug-likeness (QED) is 0.881. The number of nitrogens with two attached hydrogens (primary N) is 1.